The molecule has 2 aromatic carbocycles. The molecule has 41 heavy (non-hydrogen) atoms. The van der Waals surface area contributed by atoms with E-state index >= 15 is 0 Å². The summed E-state index contributed by atoms with van der Waals surface area (Å²) in [5.41, 5.74) is 2.71. The molecule has 3 aromatic rings. The Hall–Kier alpha value is -3.02. The summed E-state index contributed by atoms with van der Waals surface area (Å²) in [4.78, 5) is 13.7. The second-order valence-electron chi connectivity index (χ2n) is 11.2. The topological polar surface area (TPSA) is 104 Å². The summed E-state index contributed by atoms with van der Waals surface area (Å²) in [5, 5.41) is 18.3. The molecule has 11 heteroatoms. The molecule has 2 atom stereocenters. The van der Waals surface area contributed by atoms with Crippen molar-refractivity contribution in [2.75, 3.05) is 23.7 Å². The molecule has 5 rings (SSSR count). The number of hydrogen-bond donors (Lipinski definition) is 3. The molecule has 1 aromatic heterocycles. The van der Waals surface area contributed by atoms with E-state index in [1.54, 1.807) is 12.1 Å². The highest BCUT2D eigenvalue weighted by molar-refractivity contribution is 7.92. The predicted octanol–water partition coefficient (Wildman–Crippen LogP) is 3.89. The van der Waals surface area contributed by atoms with Crippen molar-refractivity contribution >= 4 is 32.5 Å². The number of anilines is 1. The number of hydrogen-bond acceptors (Lipinski definition) is 5. The van der Waals surface area contributed by atoms with Crippen LogP contribution >= 0.6 is 0 Å². The minimum Gasteiger partial charge on any atom is -0.390 e. The van der Waals surface area contributed by atoms with Crippen LogP contribution in [0.4, 0.5) is 14.5 Å². The van der Waals surface area contributed by atoms with Crippen LogP contribution in [0.1, 0.15) is 60.5 Å². The van der Waals surface area contributed by atoms with Crippen LogP contribution in [0.5, 0.6) is 0 Å². The molecule has 0 radical (unpaired) electrons. The minimum absolute atomic E-state index is 0.00784. The van der Waals surface area contributed by atoms with Crippen molar-refractivity contribution in [3.05, 3.63) is 64.9 Å². The monoisotopic (exact) mass is 588 g/mol. The minimum atomic E-state index is -3.59. The Morgan fingerprint density at radius 1 is 1.10 bits per heavy atom. The van der Waals surface area contributed by atoms with Gasteiger partial charge < -0.3 is 20.3 Å². The summed E-state index contributed by atoms with van der Waals surface area (Å²) in [6.07, 6.45) is 7.06. The Kier molecular flexibility index (Phi) is 8.68. The van der Waals surface area contributed by atoms with Gasteiger partial charge in [0, 0.05) is 49.4 Å². The van der Waals surface area contributed by atoms with Gasteiger partial charge in [0.15, 0.2) is 0 Å². The Labute approximate surface area is 239 Å². The summed E-state index contributed by atoms with van der Waals surface area (Å²) in [6.45, 7) is 2.53. The molecule has 2 aliphatic rings. The molecule has 1 amide bonds. The summed E-state index contributed by atoms with van der Waals surface area (Å²) in [6, 6.07) is 5.89. The van der Waals surface area contributed by atoms with Gasteiger partial charge in [0.05, 0.1) is 29.1 Å². The average molecular weight is 589 g/mol. The molecule has 0 saturated heterocycles. The summed E-state index contributed by atoms with van der Waals surface area (Å²) in [5.74, 6) is -2.03. The number of aliphatic hydroxyl groups is 1. The van der Waals surface area contributed by atoms with Gasteiger partial charge in [-0.05, 0) is 61.1 Å². The number of amides is 1. The largest absolute Gasteiger partial charge is 0.390 e. The molecular formula is C30H38F2N4O4S. The molecule has 0 unspecified atom stereocenters. The van der Waals surface area contributed by atoms with E-state index in [1.165, 1.54) is 29.9 Å². The second-order valence-corrected chi connectivity index (χ2v) is 13.4. The number of nitrogens with one attached hydrogen (secondary N) is 2. The first-order valence-electron chi connectivity index (χ1n) is 14.4. The molecule has 1 fully saturated rings. The van der Waals surface area contributed by atoms with Crippen LogP contribution in [-0.2, 0) is 29.4 Å². The first-order valence-corrected chi connectivity index (χ1v) is 16.0. The quantitative estimate of drug-likeness (QED) is 0.352. The fourth-order valence-electron chi connectivity index (χ4n) is 6.07. The highest BCUT2D eigenvalue weighted by atomic mass is 32.2. The Bertz CT molecular complexity index is 1510. The van der Waals surface area contributed by atoms with Crippen molar-refractivity contribution in [3.8, 4) is 0 Å². The van der Waals surface area contributed by atoms with Crippen LogP contribution in [0.3, 0.4) is 0 Å². The maximum Gasteiger partial charge on any atom is 0.251 e. The third-order valence-electron chi connectivity index (χ3n) is 8.40. The number of sulfonamides is 1. The average Bonchev–Trinajstić information content (AvgIpc) is 3.27. The van der Waals surface area contributed by atoms with Crippen LogP contribution in [0.2, 0.25) is 0 Å². The summed E-state index contributed by atoms with van der Waals surface area (Å²) >= 11 is 0. The van der Waals surface area contributed by atoms with Gasteiger partial charge in [-0.25, -0.2) is 17.2 Å². The number of carbonyl (C=O) groups is 1. The predicted molar refractivity (Wildman–Crippen MR) is 156 cm³/mol. The highest BCUT2D eigenvalue weighted by Gasteiger charge is 2.30. The lowest BCUT2D eigenvalue weighted by Gasteiger charge is -2.28. The Balaban J connectivity index is 1.46. The van der Waals surface area contributed by atoms with Crippen LogP contribution in [0.25, 0.3) is 10.9 Å². The number of nitrogens with zero attached hydrogens (tertiary/aromatic N) is 2. The summed E-state index contributed by atoms with van der Waals surface area (Å²) in [7, 11) is -2.10. The van der Waals surface area contributed by atoms with E-state index in [9.17, 15) is 27.1 Å². The standard InChI is InChI=1S/C30H38F2N4O4S/c1-3-20-18-36-9-10-41(39,40)35(2)27-15-21(14-25(20)29(27)36)30(38)34-26(13-19-11-22(31)16-23(32)12-19)28(37)17-33-24-7-5-4-6-8-24/h11-12,14-16,18,24,26,28,33,37H,3-10,13,17H2,1-2H3,(H,34,38)/t26-,28+/m0/s1. The number of aliphatic hydroxyl groups excluding tert-OH is 1. The van der Waals surface area contributed by atoms with Gasteiger partial charge in [-0.15, -0.1) is 0 Å². The molecule has 0 spiro atoms. The van der Waals surface area contributed by atoms with E-state index in [1.807, 2.05) is 17.7 Å². The van der Waals surface area contributed by atoms with Crippen LogP contribution in [-0.4, -0.2) is 61.5 Å². The molecule has 1 saturated carbocycles. The highest BCUT2D eigenvalue weighted by Crippen LogP contribution is 2.35. The normalized spacial score (nSPS) is 18.7. The van der Waals surface area contributed by atoms with Gasteiger partial charge in [0.25, 0.3) is 5.91 Å². The Morgan fingerprint density at radius 3 is 2.49 bits per heavy atom. The van der Waals surface area contributed by atoms with Crippen LogP contribution in [0, 0.1) is 11.6 Å². The van der Waals surface area contributed by atoms with Gasteiger partial charge in [-0.1, -0.05) is 26.2 Å². The van der Waals surface area contributed by atoms with E-state index < -0.39 is 39.7 Å². The van der Waals surface area contributed by atoms with E-state index in [4.69, 9.17) is 0 Å². The van der Waals surface area contributed by atoms with E-state index in [2.05, 4.69) is 10.6 Å². The zero-order chi connectivity index (χ0) is 29.3. The number of halogens is 2. The molecule has 1 aliphatic carbocycles. The number of aryl methyl sites for hydroxylation is 2. The van der Waals surface area contributed by atoms with Gasteiger partial charge in [0.1, 0.15) is 11.6 Å². The van der Waals surface area contributed by atoms with Crippen molar-refractivity contribution in [2.24, 2.45) is 0 Å². The van der Waals surface area contributed by atoms with Gasteiger partial charge in [-0.3, -0.25) is 9.10 Å². The van der Waals surface area contributed by atoms with Crippen LogP contribution in [0.15, 0.2) is 36.5 Å². The third kappa shape index (κ3) is 6.42. The molecule has 3 N–H and O–H groups in total. The van der Waals surface area contributed by atoms with Crippen molar-refractivity contribution < 1.29 is 27.1 Å². The zero-order valence-corrected chi connectivity index (χ0v) is 24.3. The Morgan fingerprint density at radius 2 is 1.80 bits per heavy atom. The number of aromatic nitrogens is 1. The van der Waals surface area contributed by atoms with E-state index in [0.29, 0.717) is 24.2 Å². The van der Waals surface area contributed by atoms with Crippen molar-refractivity contribution in [3.63, 3.8) is 0 Å². The fraction of sp³-hybridized carbons (Fsp3) is 0.500. The SMILES string of the molecule is CCc1cn2c3c(cc(C(=O)N[C@@H](Cc4cc(F)cc(F)c4)[C@H](O)CNC4CCCCC4)cc13)N(C)S(=O)(=O)CC2. The fourth-order valence-corrected chi connectivity index (χ4v) is 7.21. The first-order chi connectivity index (χ1) is 19.6. The molecule has 1 aliphatic heterocycles. The van der Waals surface area contributed by atoms with E-state index in [-0.39, 0.29) is 30.3 Å². The van der Waals surface area contributed by atoms with Crippen molar-refractivity contribution in [1.82, 2.24) is 15.2 Å². The number of benzene rings is 2. The van der Waals surface area contributed by atoms with Gasteiger partial charge in [0.2, 0.25) is 10.0 Å². The lowest BCUT2D eigenvalue weighted by molar-refractivity contribution is 0.0821. The first kappa shape index (κ1) is 29.5. The smallest absolute Gasteiger partial charge is 0.251 e. The van der Waals surface area contributed by atoms with Crippen molar-refractivity contribution in [2.45, 2.75) is 76.6 Å². The molecule has 0 bridgehead atoms. The number of rotatable bonds is 9. The maximum absolute atomic E-state index is 14.0. The lowest BCUT2D eigenvalue weighted by atomic mass is 9.94. The summed E-state index contributed by atoms with van der Waals surface area (Å²) < 4.78 is 56.9. The zero-order valence-electron chi connectivity index (χ0n) is 23.5. The van der Waals surface area contributed by atoms with Crippen molar-refractivity contribution in [1.29, 1.82) is 0 Å². The van der Waals surface area contributed by atoms with Gasteiger partial charge in [-0.2, -0.15) is 0 Å². The molecule has 222 valence electrons. The molecule has 2 heterocycles. The molecular weight excluding hydrogens is 550 g/mol. The van der Waals surface area contributed by atoms with Gasteiger partial charge >= 0.3 is 0 Å². The third-order valence-corrected chi connectivity index (χ3v) is 10.1. The molecule has 8 nitrogen and oxygen atoms in total. The second kappa shape index (κ2) is 12.1. The van der Waals surface area contributed by atoms with Crippen LogP contribution < -0.4 is 14.9 Å². The lowest BCUT2D eigenvalue weighted by Crippen LogP contribution is -2.50. The van der Waals surface area contributed by atoms with E-state index in [0.717, 1.165) is 48.2 Å². The number of carbonyl (C=O) groups excluding carboxylic acids is 1. The maximum atomic E-state index is 14.0.